The minimum atomic E-state index is -0.597. The number of likely N-dealkylation sites (tertiary alicyclic amines) is 1. The lowest BCUT2D eigenvalue weighted by molar-refractivity contribution is -0.120. The molecule has 1 fully saturated rings. The summed E-state index contributed by atoms with van der Waals surface area (Å²) in [6.07, 6.45) is 1.86. The van der Waals surface area contributed by atoms with Crippen molar-refractivity contribution in [2.45, 2.75) is 18.9 Å². The molecular weight excluding hydrogens is 508 g/mol. The lowest BCUT2D eigenvalue weighted by Crippen LogP contribution is -2.44. The smallest absolute Gasteiger partial charge is 0.283 e. The SMILES string of the molecule is CN1CCC(N(C)C(=O)c2cccc(NC3=C(Cl)C(=O)N(c4ccc(Br)cc4)C3=O)c2)CC1. The topological polar surface area (TPSA) is 73.0 Å². The van der Waals surface area contributed by atoms with Crippen molar-refractivity contribution in [3.8, 4) is 0 Å². The molecule has 1 saturated heterocycles. The van der Waals surface area contributed by atoms with Crippen molar-refractivity contribution in [3.05, 3.63) is 69.3 Å². The van der Waals surface area contributed by atoms with E-state index in [1.165, 1.54) is 0 Å². The maximum absolute atomic E-state index is 13.1. The molecule has 7 nitrogen and oxygen atoms in total. The first-order chi connectivity index (χ1) is 15.8. The van der Waals surface area contributed by atoms with E-state index in [4.69, 9.17) is 11.6 Å². The minimum absolute atomic E-state index is 0.0159. The molecule has 2 aliphatic rings. The second-order valence-corrected chi connectivity index (χ2v) is 9.56. The molecule has 2 aliphatic heterocycles. The third-order valence-corrected chi connectivity index (χ3v) is 6.93. The summed E-state index contributed by atoms with van der Waals surface area (Å²) in [5, 5.41) is 2.76. The van der Waals surface area contributed by atoms with Gasteiger partial charge < -0.3 is 15.1 Å². The highest BCUT2D eigenvalue weighted by atomic mass is 79.9. The van der Waals surface area contributed by atoms with E-state index < -0.39 is 11.8 Å². The molecule has 0 aliphatic carbocycles. The number of nitrogens with one attached hydrogen (secondary N) is 1. The highest BCUT2D eigenvalue weighted by Gasteiger charge is 2.39. The summed E-state index contributed by atoms with van der Waals surface area (Å²) in [5.74, 6) is -1.23. The van der Waals surface area contributed by atoms with Crippen LogP contribution in [0.15, 0.2) is 63.7 Å². The van der Waals surface area contributed by atoms with Gasteiger partial charge in [0.1, 0.15) is 10.7 Å². The molecule has 3 amide bonds. The highest BCUT2D eigenvalue weighted by Crippen LogP contribution is 2.31. The zero-order valence-electron chi connectivity index (χ0n) is 18.3. The Morgan fingerprint density at radius 1 is 1.09 bits per heavy atom. The first-order valence-corrected chi connectivity index (χ1v) is 11.8. The van der Waals surface area contributed by atoms with Gasteiger partial charge in [0.2, 0.25) is 0 Å². The highest BCUT2D eigenvalue weighted by molar-refractivity contribution is 9.10. The summed E-state index contributed by atoms with van der Waals surface area (Å²) < 4.78 is 0.828. The summed E-state index contributed by atoms with van der Waals surface area (Å²) in [6, 6.07) is 13.9. The van der Waals surface area contributed by atoms with Crippen LogP contribution in [0.2, 0.25) is 0 Å². The van der Waals surface area contributed by atoms with Gasteiger partial charge in [-0.2, -0.15) is 0 Å². The van der Waals surface area contributed by atoms with Gasteiger partial charge in [-0.15, -0.1) is 0 Å². The molecule has 0 bridgehead atoms. The summed E-state index contributed by atoms with van der Waals surface area (Å²) in [6.45, 7) is 1.92. The quantitative estimate of drug-likeness (QED) is 0.590. The second kappa shape index (κ2) is 9.67. The van der Waals surface area contributed by atoms with Crippen LogP contribution >= 0.6 is 27.5 Å². The molecule has 9 heteroatoms. The van der Waals surface area contributed by atoms with Gasteiger partial charge in [0, 0.05) is 28.8 Å². The van der Waals surface area contributed by atoms with Crippen LogP contribution in [0.1, 0.15) is 23.2 Å². The predicted molar refractivity (Wildman–Crippen MR) is 132 cm³/mol. The molecule has 2 aromatic rings. The van der Waals surface area contributed by atoms with E-state index in [1.54, 1.807) is 53.4 Å². The number of rotatable bonds is 5. The van der Waals surface area contributed by atoms with Crippen LogP contribution in [-0.4, -0.2) is 60.7 Å². The van der Waals surface area contributed by atoms with Crippen LogP contribution in [0, 0.1) is 0 Å². The normalized spacial score (nSPS) is 17.6. The Hall–Kier alpha value is -2.68. The van der Waals surface area contributed by atoms with Crippen LogP contribution in [0.3, 0.4) is 0 Å². The largest absolute Gasteiger partial charge is 0.350 e. The third-order valence-electron chi connectivity index (χ3n) is 6.05. The van der Waals surface area contributed by atoms with Crippen molar-refractivity contribution in [2.75, 3.05) is 37.4 Å². The van der Waals surface area contributed by atoms with Crippen molar-refractivity contribution in [2.24, 2.45) is 0 Å². The lowest BCUT2D eigenvalue weighted by Gasteiger charge is -2.35. The van der Waals surface area contributed by atoms with E-state index in [9.17, 15) is 14.4 Å². The molecule has 0 aromatic heterocycles. The van der Waals surface area contributed by atoms with E-state index in [2.05, 4.69) is 33.2 Å². The van der Waals surface area contributed by atoms with E-state index in [0.717, 1.165) is 35.3 Å². The number of hydrogen-bond acceptors (Lipinski definition) is 5. The van der Waals surface area contributed by atoms with Crippen LogP contribution in [0.5, 0.6) is 0 Å². The Morgan fingerprint density at radius 3 is 2.42 bits per heavy atom. The van der Waals surface area contributed by atoms with Crippen molar-refractivity contribution in [1.82, 2.24) is 9.80 Å². The monoisotopic (exact) mass is 530 g/mol. The van der Waals surface area contributed by atoms with Gasteiger partial charge in [0.15, 0.2) is 0 Å². The molecule has 2 heterocycles. The van der Waals surface area contributed by atoms with Gasteiger partial charge in [-0.25, -0.2) is 4.90 Å². The number of piperidine rings is 1. The van der Waals surface area contributed by atoms with E-state index >= 15 is 0 Å². The molecule has 2 aromatic carbocycles. The van der Waals surface area contributed by atoms with Crippen molar-refractivity contribution < 1.29 is 14.4 Å². The van der Waals surface area contributed by atoms with Gasteiger partial charge >= 0.3 is 0 Å². The van der Waals surface area contributed by atoms with Crippen molar-refractivity contribution >= 4 is 56.6 Å². The number of benzene rings is 2. The predicted octanol–water partition coefficient (Wildman–Crippen LogP) is 4.05. The first kappa shape index (κ1) is 23.5. The fourth-order valence-electron chi connectivity index (χ4n) is 4.06. The average Bonchev–Trinajstić information content (AvgIpc) is 3.02. The van der Waals surface area contributed by atoms with E-state index in [-0.39, 0.29) is 22.7 Å². The van der Waals surface area contributed by atoms with Gasteiger partial charge in [-0.1, -0.05) is 33.6 Å². The standard InChI is InChI=1S/C24H24BrClN4O3/c1-28-12-10-18(11-13-28)29(2)22(31)15-4-3-5-17(14-15)27-21-20(26)23(32)30(24(21)33)19-8-6-16(25)7-9-19/h3-9,14,18,27H,10-13H2,1-2H3. The van der Waals surface area contributed by atoms with Crippen LogP contribution in [0.4, 0.5) is 11.4 Å². The van der Waals surface area contributed by atoms with E-state index in [1.807, 2.05) is 7.05 Å². The van der Waals surface area contributed by atoms with Crippen LogP contribution in [0.25, 0.3) is 0 Å². The zero-order valence-corrected chi connectivity index (χ0v) is 20.7. The fraction of sp³-hybridized carbons (Fsp3) is 0.292. The molecule has 172 valence electrons. The Morgan fingerprint density at radius 2 is 1.76 bits per heavy atom. The molecule has 1 N–H and O–H groups in total. The first-order valence-electron chi connectivity index (χ1n) is 10.6. The summed E-state index contributed by atoms with van der Waals surface area (Å²) >= 11 is 9.57. The van der Waals surface area contributed by atoms with Crippen molar-refractivity contribution in [3.63, 3.8) is 0 Å². The average molecular weight is 532 g/mol. The summed E-state index contributed by atoms with van der Waals surface area (Å²) in [4.78, 5) is 43.8. The number of carbonyl (C=O) groups excluding carboxylic acids is 3. The lowest BCUT2D eigenvalue weighted by atomic mass is 10.0. The summed E-state index contributed by atoms with van der Waals surface area (Å²) in [7, 11) is 3.91. The Bertz CT molecular complexity index is 1130. The van der Waals surface area contributed by atoms with Gasteiger partial charge in [0.25, 0.3) is 17.7 Å². The van der Waals surface area contributed by atoms with E-state index in [0.29, 0.717) is 16.9 Å². The van der Waals surface area contributed by atoms with Crippen LogP contribution < -0.4 is 10.2 Å². The fourth-order valence-corrected chi connectivity index (χ4v) is 4.54. The molecule has 0 radical (unpaired) electrons. The molecular formula is C24H24BrClN4O3. The minimum Gasteiger partial charge on any atom is -0.350 e. The molecule has 0 unspecified atom stereocenters. The maximum Gasteiger partial charge on any atom is 0.283 e. The zero-order chi connectivity index (χ0) is 23.7. The number of imide groups is 1. The van der Waals surface area contributed by atoms with Gasteiger partial charge in [-0.05, 0) is 75.4 Å². The Kier molecular flexibility index (Phi) is 6.88. The maximum atomic E-state index is 13.1. The number of halogens is 2. The number of anilines is 2. The van der Waals surface area contributed by atoms with Crippen molar-refractivity contribution in [1.29, 1.82) is 0 Å². The number of nitrogens with zero attached hydrogens (tertiary/aromatic N) is 3. The Balaban J connectivity index is 1.51. The molecule has 0 spiro atoms. The number of amides is 3. The third kappa shape index (κ3) is 4.83. The number of carbonyl (C=O) groups is 3. The van der Waals surface area contributed by atoms with Gasteiger partial charge in [0.05, 0.1) is 5.69 Å². The van der Waals surface area contributed by atoms with Crippen LogP contribution in [-0.2, 0) is 9.59 Å². The molecule has 0 atom stereocenters. The number of hydrogen-bond donors (Lipinski definition) is 1. The molecule has 4 rings (SSSR count). The second-order valence-electron chi connectivity index (χ2n) is 8.27. The Labute approximate surface area is 206 Å². The molecule has 0 saturated carbocycles. The molecule has 33 heavy (non-hydrogen) atoms. The van der Waals surface area contributed by atoms with Gasteiger partial charge in [-0.3, -0.25) is 14.4 Å². The summed E-state index contributed by atoms with van der Waals surface area (Å²) in [5.41, 5.74) is 1.41.